The van der Waals surface area contributed by atoms with Gasteiger partial charge >= 0.3 is 0 Å². The van der Waals surface area contributed by atoms with Crippen LogP contribution in [0.5, 0.6) is 0 Å². The molecular weight excluding hydrogens is 292 g/mol. The zero-order valence-corrected chi connectivity index (χ0v) is 13.7. The van der Waals surface area contributed by atoms with Crippen LogP contribution in [0.15, 0.2) is 91.1 Å². The van der Waals surface area contributed by atoms with Gasteiger partial charge in [-0.1, -0.05) is 72.8 Å². The lowest BCUT2D eigenvalue weighted by Gasteiger charge is -2.07. The first-order valence-corrected chi connectivity index (χ1v) is 7.96. The van der Waals surface area contributed by atoms with Crippen molar-refractivity contribution in [1.82, 2.24) is 5.32 Å². The maximum Gasteiger partial charge on any atom is 0.0626 e. The van der Waals surface area contributed by atoms with Crippen molar-refractivity contribution < 1.29 is 0 Å². The van der Waals surface area contributed by atoms with Crippen LogP contribution in [0.2, 0.25) is 0 Å². The molecule has 0 heterocycles. The SMILES string of the molecule is CN/C=C\C(=N)c1ccc(-c2cccc(-c3ccccc3)c2)cc1. The summed E-state index contributed by atoms with van der Waals surface area (Å²) >= 11 is 0. The Morgan fingerprint density at radius 1 is 0.750 bits per heavy atom. The van der Waals surface area contributed by atoms with Crippen LogP contribution in [-0.4, -0.2) is 12.8 Å². The van der Waals surface area contributed by atoms with Gasteiger partial charge in [0.1, 0.15) is 0 Å². The van der Waals surface area contributed by atoms with Crippen molar-refractivity contribution in [3.05, 3.63) is 96.7 Å². The molecule has 0 aliphatic rings. The van der Waals surface area contributed by atoms with Gasteiger partial charge in [-0.3, -0.25) is 0 Å². The third kappa shape index (κ3) is 3.61. The van der Waals surface area contributed by atoms with E-state index in [1.807, 2.05) is 25.2 Å². The average molecular weight is 312 g/mol. The normalized spacial score (nSPS) is 10.7. The van der Waals surface area contributed by atoms with Crippen LogP contribution in [0.1, 0.15) is 5.56 Å². The third-order valence-electron chi connectivity index (χ3n) is 3.92. The van der Waals surface area contributed by atoms with E-state index in [0.29, 0.717) is 5.71 Å². The fourth-order valence-corrected chi connectivity index (χ4v) is 2.61. The number of allylic oxidation sites excluding steroid dienone is 1. The second-order valence-corrected chi connectivity index (χ2v) is 5.56. The highest BCUT2D eigenvalue weighted by atomic mass is 14.8. The largest absolute Gasteiger partial charge is 0.394 e. The molecule has 0 unspecified atom stereocenters. The van der Waals surface area contributed by atoms with Crippen molar-refractivity contribution in [2.24, 2.45) is 0 Å². The zero-order chi connectivity index (χ0) is 16.8. The molecule has 0 atom stereocenters. The summed E-state index contributed by atoms with van der Waals surface area (Å²) in [6, 6.07) is 27.1. The molecule has 3 aromatic rings. The van der Waals surface area contributed by atoms with E-state index in [1.165, 1.54) is 16.7 Å². The monoisotopic (exact) mass is 312 g/mol. The maximum atomic E-state index is 8.03. The second kappa shape index (κ2) is 7.42. The average Bonchev–Trinajstić information content (AvgIpc) is 2.67. The van der Waals surface area contributed by atoms with Crippen LogP contribution < -0.4 is 5.32 Å². The van der Waals surface area contributed by atoms with E-state index < -0.39 is 0 Å². The predicted octanol–water partition coefficient (Wildman–Crippen LogP) is 5.12. The molecule has 0 fully saturated rings. The summed E-state index contributed by atoms with van der Waals surface area (Å²) in [4.78, 5) is 0. The fourth-order valence-electron chi connectivity index (χ4n) is 2.61. The summed E-state index contributed by atoms with van der Waals surface area (Å²) < 4.78 is 0. The Balaban J connectivity index is 1.87. The van der Waals surface area contributed by atoms with Crippen molar-refractivity contribution in [2.45, 2.75) is 0 Å². The zero-order valence-electron chi connectivity index (χ0n) is 13.7. The Labute approximate surface area is 143 Å². The molecule has 0 radical (unpaired) electrons. The van der Waals surface area contributed by atoms with Crippen LogP contribution in [0.4, 0.5) is 0 Å². The quantitative estimate of drug-likeness (QED) is 0.630. The van der Waals surface area contributed by atoms with Gasteiger partial charge in [0.2, 0.25) is 0 Å². The van der Waals surface area contributed by atoms with Gasteiger partial charge in [0, 0.05) is 7.05 Å². The molecule has 0 amide bonds. The maximum absolute atomic E-state index is 8.03. The molecule has 0 spiro atoms. The minimum absolute atomic E-state index is 0.494. The van der Waals surface area contributed by atoms with Gasteiger partial charge in [-0.15, -0.1) is 0 Å². The third-order valence-corrected chi connectivity index (χ3v) is 3.92. The molecule has 2 nitrogen and oxygen atoms in total. The standard InChI is InChI=1S/C22H20N2/c1-24-15-14-22(23)19-12-10-18(11-13-19)21-9-5-8-20(16-21)17-6-3-2-4-7-17/h2-16,23-24H,1H3/b15-14-,23-22?. The van der Waals surface area contributed by atoms with E-state index >= 15 is 0 Å². The molecule has 3 aromatic carbocycles. The highest BCUT2D eigenvalue weighted by Crippen LogP contribution is 2.26. The van der Waals surface area contributed by atoms with Gasteiger partial charge in [0.25, 0.3) is 0 Å². The summed E-state index contributed by atoms with van der Waals surface area (Å²) in [6.07, 6.45) is 3.52. The molecule has 3 rings (SSSR count). The van der Waals surface area contributed by atoms with Gasteiger partial charge in [-0.25, -0.2) is 0 Å². The van der Waals surface area contributed by atoms with E-state index in [9.17, 15) is 0 Å². The van der Waals surface area contributed by atoms with Crippen LogP contribution in [0.25, 0.3) is 22.3 Å². The molecule has 0 saturated carbocycles. The van der Waals surface area contributed by atoms with Crippen molar-refractivity contribution >= 4 is 5.71 Å². The first-order valence-electron chi connectivity index (χ1n) is 7.96. The predicted molar refractivity (Wildman–Crippen MR) is 102 cm³/mol. The van der Waals surface area contributed by atoms with E-state index in [4.69, 9.17) is 5.41 Å². The summed E-state index contributed by atoms with van der Waals surface area (Å²) in [5.41, 5.74) is 6.16. The molecule has 2 heteroatoms. The van der Waals surface area contributed by atoms with Crippen LogP contribution >= 0.6 is 0 Å². The van der Waals surface area contributed by atoms with Crippen LogP contribution in [0, 0.1) is 5.41 Å². The first kappa shape index (κ1) is 15.8. The Kier molecular flexibility index (Phi) is 4.87. The smallest absolute Gasteiger partial charge is 0.0626 e. The molecule has 0 aromatic heterocycles. The minimum atomic E-state index is 0.494. The Bertz CT molecular complexity index is 847. The molecule has 0 aliphatic heterocycles. The summed E-state index contributed by atoms with van der Waals surface area (Å²) in [7, 11) is 1.83. The lowest BCUT2D eigenvalue weighted by molar-refractivity contribution is 1.10. The molecular formula is C22H20N2. The summed E-state index contributed by atoms with van der Waals surface area (Å²) in [6.45, 7) is 0. The lowest BCUT2D eigenvalue weighted by Crippen LogP contribution is -1.98. The van der Waals surface area contributed by atoms with E-state index in [1.54, 1.807) is 12.3 Å². The molecule has 24 heavy (non-hydrogen) atoms. The van der Waals surface area contributed by atoms with Gasteiger partial charge in [0.05, 0.1) is 5.71 Å². The lowest BCUT2D eigenvalue weighted by atomic mass is 9.98. The number of benzene rings is 3. The fraction of sp³-hybridized carbons (Fsp3) is 0.0455. The number of hydrogen-bond donors (Lipinski definition) is 2. The molecule has 0 bridgehead atoms. The Hall–Kier alpha value is -3.13. The Morgan fingerprint density at radius 3 is 1.96 bits per heavy atom. The van der Waals surface area contributed by atoms with Gasteiger partial charge in [-0.05, 0) is 46.2 Å². The highest BCUT2D eigenvalue weighted by Gasteiger charge is 2.03. The molecule has 0 aliphatic carbocycles. The molecule has 0 saturated heterocycles. The van der Waals surface area contributed by atoms with Gasteiger partial charge < -0.3 is 10.7 Å². The van der Waals surface area contributed by atoms with Crippen LogP contribution in [0.3, 0.4) is 0 Å². The number of nitrogens with one attached hydrogen (secondary N) is 2. The van der Waals surface area contributed by atoms with Crippen molar-refractivity contribution in [3.8, 4) is 22.3 Å². The number of hydrogen-bond acceptors (Lipinski definition) is 2. The number of rotatable bonds is 5. The minimum Gasteiger partial charge on any atom is -0.394 e. The van der Waals surface area contributed by atoms with Crippen molar-refractivity contribution in [1.29, 1.82) is 5.41 Å². The van der Waals surface area contributed by atoms with Gasteiger partial charge in [-0.2, -0.15) is 0 Å². The van der Waals surface area contributed by atoms with Crippen LogP contribution in [-0.2, 0) is 0 Å². The van der Waals surface area contributed by atoms with Crippen molar-refractivity contribution in [3.63, 3.8) is 0 Å². The highest BCUT2D eigenvalue weighted by molar-refractivity contribution is 6.06. The van der Waals surface area contributed by atoms with Crippen molar-refractivity contribution in [2.75, 3.05) is 7.05 Å². The van der Waals surface area contributed by atoms with E-state index in [-0.39, 0.29) is 0 Å². The first-order chi connectivity index (χ1) is 11.8. The topological polar surface area (TPSA) is 35.9 Å². The summed E-state index contributed by atoms with van der Waals surface area (Å²) in [5.74, 6) is 0. The van der Waals surface area contributed by atoms with E-state index in [0.717, 1.165) is 11.1 Å². The van der Waals surface area contributed by atoms with E-state index in [2.05, 4.69) is 66.0 Å². The summed E-state index contributed by atoms with van der Waals surface area (Å²) in [5, 5.41) is 10.9. The molecule has 2 N–H and O–H groups in total. The molecule has 118 valence electrons. The second-order valence-electron chi connectivity index (χ2n) is 5.56. The Morgan fingerprint density at radius 2 is 1.33 bits per heavy atom. The van der Waals surface area contributed by atoms with Gasteiger partial charge in [0.15, 0.2) is 0 Å².